The molecule has 1 aliphatic heterocycles. The van der Waals surface area contributed by atoms with Crippen molar-refractivity contribution in [3.05, 3.63) is 29.6 Å². The van der Waals surface area contributed by atoms with E-state index < -0.39 is 10.8 Å². The zero-order chi connectivity index (χ0) is 11.4. The number of aryl methyl sites for hydroxylation is 1. The lowest BCUT2D eigenvalue weighted by molar-refractivity contribution is 0.475. The van der Waals surface area contributed by atoms with Gasteiger partial charge in [0.05, 0.1) is 0 Å². The van der Waals surface area contributed by atoms with Crippen molar-refractivity contribution in [2.45, 2.75) is 32.4 Å². The van der Waals surface area contributed by atoms with Gasteiger partial charge in [-0.1, -0.05) is 6.07 Å². The summed E-state index contributed by atoms with van der Waals surface area (Å²) in [6, 6.07) is 4.67. The lowest BCUT2D eigenvalue weighted by Crippen LogP contribution is -2.35. The second-order valence-electron chi connectivity index (χ2n) is 4.31. The molecule has 1 N–H and O–H groups in total. The Morgan fingerprint density at radius 1 is 1.44 bits per heavy atom. The molecule has 0 radical (unpaired) electrons. The fraction of sp³-hybridized carbons (Fsp3) is 0.583. The number of hydrogen-bond acceptors (Lipinski definition) is 3. The molecule has 0 unspecified atom stereocenters. The molecule has 1 aromatic rings. The number of pyridine rings is 1. The first-order valence-corrected chi connectivity index (χ1v) is 7.23. The Morgan fingerprint density at radius 3 is 2.81 bits per heavy atom. The third-order valence-electron chi connectivity index (χ3n) is 2.96. The van der Waals surface area contributed by atoms with Crippen molar-refractivity contribution in [1.82, 2.24) is 10.3 Å². The predicted octanol–water partition coefficient (Wildman–Crippen LogP) is 1.39. The molecule has 0 aliphatic carbocycles. The first-order chi connectivity index (χ1) is 7.74. The molecule has 16 heavy (non-hydrogen) atoms. The summed E-state index contributed by atoms with van der Waals surface area (Å²) in [5.41, 5.74) is 2.27. The normalized spacial score (nSPS) is 25.6. The molecule has 1 fully saturated rings. The fourth-order valence-corrected chi connectivity index (χ4v) is 3.16. The van der Waals surface area contributed by atoms with E-state index in [1.807, 2.05) is 19.2 Å². The van der Waals surface area contributed by atoms with Crippen LogP contribution in [0.15, 0.2) is 18.3 Å². The summed E-state index contributed by atoms with van der Waals surface area (Å²) in [4.78, 5) is 4.27. The number of nitrogens with zero attached hydrogens (tertiary/aromatic N) is 1. The van der Waals surface area contributed by atoms with E-state index in [1.54, 1.807) is 0 Å². The number of nitrogens with one attached hydrogen (secondary N) is 1. The van der Waals surface area contributed by atoms with Crippen molar-refractivity contribution >= 4 is 10.8 Å². The molecule has 0 spiro atoms. The van der Waals surface area contributed by atoms with Crippen LogP contribution in [0.4, 0.5) is 0 Å². The molecule has 2 rings (SSSR count). The van der Waals surface area contributed by atoms with E-state index in [0.29, 0.717) is 6.04 Å². The summed E-state index contributed by atoms with van der Waals surface area (Å²) in [7, 11) is -0.564. The lowest BCUT2D eigenvalue weighted by atomic mass is 10.1. The molecular weight excluding hydrogens is 220 g/mol. The molecule has 2 heterocycles. The quantitative estimate of drug-likeness (QED) is 0.865. The van der Waals surface area contributed by atoms with Gasteiger partial charge in [0.1, 0.15) is 0 Å². The van der Waals surface area contributed by atoms with Gasteiger partial charge in [0.15, 0.2) is 0 Å². The first-order valence-electron chi connectivity index (χ1n) is 5.74. The summed E-state index contributed by atoms with van der Waals surface area (Å²) in [5.74, 6) is 1.70. The molecule has 3 nitrogen and oxygen atoms in total. The Kier molecular flexibility index (Phi) is 4.07. The van der Waals surface area contributed by atoms with Crippen LogP contribution in [-0.4, -0.2) is 26.7 Å². The zero-order valence-corrected chi connectivity index (χ0v) is 10.4. The Bertz CT molecular complexity index is 354. The summed E-state index contributed by atoms with van der Waals surface area (Å²) >= 11 is 0. The molecular formula is C12H18N2OS. The van der Waals surface area contributed by atoms with Crippen LogP contribution in [0.3, 0.4) is 0 Å². The second kappa shape index (κ2) is 5.55. The van der Waals surface area contributed by atoms with Gasteiger partial charge in [0, 0.05) is 46.8 Å². The van der Waals surface area contributed by atoms with Crippen LogP contribution in [0.2, 0.25) is 0 Å². The molecule has 0 saturated carbocycles. The SMILES string of the molecule is Cc1ccc(CNC2CCS(=O)CC2)cn1. The van der Waals surface area contributed by atoms with Crippen molar-refractivity contribution < 1.29 is 4.21 Å². The largest absolute Gasteiger partial charge is 0.310 e. The summed E-state index contributed by atoms with van der Waals surface area (Å²) < 4.78 is 11.2. The zero-order valence-electron chi connectivity index (χ0n) is 9.61. The van der Waals surface area contributed by atoms with Gasteiger partial charge in [-0.05, 0) is 31.4 Å². The smallest absolute Gasteiger partial charge is 0.0372 e. The van der Waals surface area contributed by atoms with Crippen LogP contribution >= 0.6 is 0 Å². The molecule has 0 aromatic carbocycles. The van der Waals surface area contributed by atoms with E-state index in [9.17, 15) is 4.21 Å². The van der Waals surface area contributed by atoms with E-state index in [0.717, 1.165) is 36.6 Å². The van der Waals surface area contributed by atoms with E-state index in [2.05, 4.69) is 16.4 Å². The Morgan fingerprint density at radius 2 is 2.19 bits per heavy atom. The van der Waals surface area contributed by atoms with Crippen LogP contribution in [0, 0.1) is 6.92 Å². The highest BCUT2D eigenvalue weighted by atomic mass is 32.2. The van der Waals surface area contributed by atoms with Gasteiger partial charge in [0.25, 0.3) is 0 Å². The van der Waals surface area contributed by atoms with E-state index in [4.69, 9.17) is 0 Å². The third-order valence-corrected chi connectivity index (χ3v) is 4.34. The summed E-state index contributed by atoms with van der Waals surface area (Å²) in [5, 5.41) is 3.50. The Hall–Kier alpha value is -0.740. The number of aromatic nitrogens is 1. The Labute approximate surface area is 99.1 Å². The van der Waals surface area contributed by atoms with Crippen LogP contribution < -0.4 is 5.32 Å². The molecule has 0 bridgehead atoms. The van der Waals surface area contributed by atoms with Crippen molar-refractivity contribution in [2.24, 2.45) is 0 Å². The molecule has 88 valence electrons. The molecule has 1 saturated heterocycles. The van der Waals surface area contributed by atoms with Crippen LogP contribution in [0.1, 0.15) is 24.1 Å². The Balaban J connectivity index is 1.79. The highest BCUT2D eigenvalue weighted by molar-refractivity contribution is 7.85. The van der Waals surface area contributed by atoms with Gasteiger partial charge in [-0.3, -0.25) is 9.19 Å². The van der Waals surface area contributed by atoms with E-state index >= 15 is 0 Å². The lowest BCUT2D eigenvalue weighted by Gasteiger charge is -2.22. The van der Waals surface area contributed by atoms with Crippen molar-refractivity contribution in [3.63, 3.8) is 0 Å². The maximum absolute atomic E-state index is 11.2. The minimum Gasteiger partial charge on any atom is -0.310 e. The molecule has 4 heteroatoms. The summed E-state index contributed by atoms with van der Waals surface area (Å²) in [6.45, 7) is 2.86. The molecule has 0 amide bonds. The van der Waals surface area contributed by atoms with Crippen LogP contribution in [0.5, 0.6) is 0 Å². The maximum atomic E-state index is 11.2. The van der Waals surface area contributed by atoms with Gasteiger partial charge in [-0.25, -0.2) is 0 Å². The predicted molar refractivity (Wildman–Crippen MR) is 66.7 cm³/mol. The van der Waals surface area contributed by atoms with Crippen molar-refractivity contribution in [1.29, 1.82) is 0 Å². The number of rotatable bonds is 3. The first kappa shape index (κ1) is 11.7. The van der Waals surface area contributed by atoms with Crippen molar-refractivity contribution in [3.8, 4) is 0 Å². The average molecular weight is 238 g/mol. The van der Waals surface area contributed by atoms with E-state index in [-0.39, 0.29) is 0 Å². The maximum Gasteiger partial charge on any atom is 0.0372 e. The fourth-order valence-electron chi connectivity index (χ4n) is 1.86. The molecule has 1 aromatic heterocycles. The van der Waals surface area contributed by atoms with Crippen LogP contribution in [-0.2, 0) is 17.3 Å². The van der Waals surface area contributed by atoms with Gasteiger partial charge >= 0.3 is 0 Å². The topological polar surface area (TPSA) is 42.0 Å². The van der Waals surface area contributed by atoms with Gasteiger partial charge in [-0.2, -0.15) is 0 Å². The van der Waals surface area contributed by atoms with Crippen LogP contribution in [0.25, 0.3) is 0 Å². The minimum absolute atomic E-state index is 0.527. The number of hydrogen-bond donors (Lipinski definition) is 1. The monoisotopic (exact) mass is 238 g/mol. The second-order valence-corrected chi connectivity index (χ2v) is 6.01. The molecule has 0 atom stereocenters. The molecule has 1 aliphatic rings. The van der Waals surface area contributed by atoms with Crippen molar-refractivity contribution in [2.75, 3.05) is 11.5 Å². The standard InChI is InChI=1S/C12H18N2OS/c1-10-2-3-11(8-13-10)9-14-12-4-6-16(15)7-5-12/h2-3,8,12,14H,4-7,9H2,1H3. The third kappa shape index (κ3) is 3.39. The average Bonchev–Trinajstić information content (AvgIpc) is 2.30. The van der Waals surface area contributed by atoms with Gasteiger partial charge in [0.2, 0.25) is 0 Å². The van der Waals surface area contributed by atoms with Gasteiger partial charge < -0.3 is 5.32 Å². The van der Waals surface area contributed by atoms with E-state index in [1.165, 1.54) is 5.56 Å². The van der Waals surface area contributed by atoms with Gasteiger partial charge in [-0.15, -0.1) is 0 Å². The highest BCUT2D eigenvalue weighted by Gasteiger charge is 2.16. The highest BCUT2D eigenvalue weighted by Crippen LogP contribution is 2.10. The minimum atomic E-state index is -0.564. The summed E-state index contributed by atoms with van der Waals surface area (Å²) in [6.07, 6.45) is 3.99.